The Morgan fingerprint density at radius 3 is 2.79 bits per heavy atom. The molecular weight excluding hydrogens is 244 g/mol. The summed E-state index contributed by atoms with van der Waals surface area (Å²) in [5.41, 5.74) is 5.55. The molecule has 0 aliphatic carbocycles. The van der Waals surface area contributed by atoms with E-state index in [0.717, 1.165) is 16.8 Å². The molecule has 0 unspecified atom stereocenters. The highest BCUT2D eigenvalue weighted by atomic mass is 79.9. The Morgan fingerprint density at radius 1 is 1.57 bits per heavy atom. The summed E-state index contributed by atoms with van der Waals surface area (Å²) < 4.78 is 0.905. The zero-order valence-corrected chi connectivity index (χ0v) is 10.0. The summed E-state index contributed by atoms with van der Waals surface area (Å²) in [6, 6.07) is 0.379. The van der Waals surface area contributed by atoms with Gasteiger partial charge in [0.15, 0.2) is 0 Å². The van der Waals surface area contributed by atoms with Crippen molar-refractivity contribution >= 4 is 21.7 Å². The number of nitrogens with zero attached hydrogens (tertiary/aromatic N) is 3. The molecule has 1 aromatic rings. The number of hydrogen-bond donors (Lipinski definition) is 1. The van der Waals surface area contributed by atoms with Crippen molar-refractivity contribution in [2.24, 2.45) is 5.73 Å². The molecule has 0 amide bonds. The second-order valence-electron chi connectivity index (χ2n) is 3.27. The van der Waals surface area contributed by atoms with Crippen molar-refractivity contribution in [3.8, 4) is 0 Å². The monoisotopic (exact) mass is 258 g/mol. The van der Waals surface area contributed by atoms with Crippen molar-refractivity contribution < 1.29 is 0 Å². The molecule has 0 aliphatic heterocycles. The Labute approximate surface area is 92.7 Å². The minimum atomic E-state index is 0.379. The third kappa shape index (κ3) is 2.65. The molecule has 14 heavy (non-hydrogen) atoms. The van der Waals surface area contributed by atoms with Gasteiger partial charge >= 0.3 is 0 Å². The predicted molar refractivity (Wildman–Crippen MR) is 61.3 cm³/mol. The van der Waals surface area contributed by atoms with Gasteiger partial charge < -0.3 is 10.6 Å². The highest BCUT2D eigenvalue weighted by Gasteiger charge is 2.13. The topological polar surface area (TPSA) is 55.0 Å². The standard InChI is InChI=1S/C9H15BrN4/c1-7(2)14(4-3-11)9-8(10)5-12-6-13-9/h5-7H,3-4,11H2,1-2H3. The number of nitrogens with two attached hydrogens (primary N) is 1. The molecule has 0 aliphatic rings. The number of hydrogen-bond acceptors (Lipinski definition) is 4. The number of rotatable bonds is 4. The van der Waals surface area contributed by atoms with Gasteiger partial charge in [-0.05, 0) is 29.8 Å². The van der Waals surface area contributed by atoms with Gasteiger partial charge in [0, 0.05) is 25.3 Å². The van der Waals surface area contributed by atoms with E-state index in [1.807, 2.05) is 0 Å². The summed E-state index contributed by atoms with van der Waals surface area (Å²) in [6.45, 7) is 5.65. The van der Waals surface area contributed by atoms with Gasteiger partial charge in [0.05, 0.1) is 4.47 Å². The zero-order valence-electron chi connectivity index (χ0n) is 8.44. The Hall–Kier alpha value is -0.680. The molecule has 0 fully saturated rings. The first-order valence-corrected chi connectivity index (χ1v) is 5.38. The largest absolute Gasteiger partial charge is 0.352 e. The van der Waals surface area contributed by atoms with Crippen LogP contribution in [0, 0.1) is 0 Å². The molecule has 0 radical (unpaired) electrons. The maximum absolute atomic E-state index is 5.55. The Morgan fingerprint density at radius 2 is 2.29 bits per heavy atom. The molecule has 0 saturated carbocycles. The highest BCUT2D eigenvalue weighted by molar-refractivity contribution is 9.10. The first-order valence-electron chi connectivity index (χ1n) is 4.59. The van der Waals surface area contributed by atoms with Crippen molar-refractivity contribution in [2.75, 3.05) is 18.0 Å². The minimum Gasteiger partial charge on any atom is -0.352 e. The molecule has 1 rings (SSSR count). The van der Waals surface area contributed by atoms with Crippen LogP contribution < -0.4 is 10.6 Å². The van der Waals surface area contributed by atoms with Crippen molar-refractivity contribution in [2.45, 2.75) is 19.9 Å². The number of aromatic nitrogens is 2. The van der Waals surface area contributed by atoms with Crippen molar-refractivity contribution in [3.63, 3.8) is 0 Å². The van der Waals surface area contributed by atoms with E-state index < -0.39 is 0 Å². The van der Waals surface area contributed by atoms with E-state index in [4.69, 9.17) is 5.73 Å². The first kappa shape index (κ1) is 11.4. The van der Waals surface area contributed by atoms with Crippen LogP contribution in [0.25, 0.3) is 0 Å². The summed E-state index contributed by atoms with van der Waals surface area (Å²) in [6.07, 6.45) is 3.29. The maximum Gasteiger partial charge on any atom is 0.146 e. The van der Waals surface area contributed by atoms with Gasteiger partial charge in [-0.2, -0.15) is 0 Å². The van der Waals surface area contributed by atoms with Gasteiger partial charge in [-0.15, -0.1) is 0 Å². The molecule has 1 heterocycles. The van der Waals surface area contributed by atoms with Gasteiger partial charge in [0.1, 0.15) is 12.1 Å². The lowest BCUT2D eigenvalue weighted by Crippen LogP contribution is -2.36. The average Bonchev–Trinajstić information content (AvgIpc) is 2.15. The van der Waals surface area contributed by atoms with Crippen molar-refractivity contribution in [1.29, 1.82) is 0 Å². The highest BCUT2D eigenvalue weighted by Crippen LogP contribution is 2.23. The van der Waals surface area contributed by atoms with E-state index in [9.17, 15) is 0 Å². The van der Waals surface area contributed by atoms with E-state index in [0.29, 0.717) is 12.6 Å². The normalized spacial score (nSPS) is 10.6. The second kappa shape index (κ2) is 5.26. The summed E-state index contributed by atoms with van der Waals surface area (Å²) in [7, 11) is 0. The van der Waals surface area contributed by atoms with Crippen LogP contribution in [0.5, 0.6) is 0 Å². The van der Waals surface area contributed by atoms with Crippen LogP contribution in [0.2, 0.25) is 0 Å². The molecule has 2 N–H and O–H groups in total. The smallest absolute Gasteiger partial charge is 0.146 e. The average molecular weight is 259 g/mol. The molecule has 5 heteroatoms. The Kier molecular flexibility index (Phi) is 4.28. The van der Waals surface area contributed by atoms with Crippen LogP contribution in [0.15, 0.2) is 17.0 Å². The third-order valence-corrected chi connectivity index (χ3v) is 2.47. The molecular formula is C9H15BrN4. The van der Waals surface area contributed by atoms with Crippen LogP contribution >= 0.6 is 15.9 Å². The lowest BCUT2D eigenvalue weighted by atomic mass is 10.3. The third-order valence-electron chi connectivity index (χ3n) is 1.91. The molecule has 78 valence electrons. The number of anilines is 1. The molecule has 0 bridgehead atoms. The van der Waals surface area contributed by atoms with Gasteiger partial charge in [0.25, 0.3) is 0 Å². The fraction of sp³-hybridized carbons (Fsp3) is 0.556. The Balaban J connectivity index is 2.93. The van der Waals surface area contributed by atoms with E-state index >= 15 is 0 Å². The number of halogens is 1. The van der Waals surface area contributed by atoms with Gasteiger partial charge in [-0.3, -0.25) is 0 Å². The van der Waals surface area contributed by atoms with Crippen molar-refractivity contribution in [3.05, 3.63) is 17.0 Å². The molecule has 0 spiro atoms. The minimum absolute atomic E-state index is 0.379. The Bertz CT molecular complexity index is 290. The van der Waals surface area contributed by atoms with Crippen LogP contribution in [-0.2, 0) is 0 Å². The van der Waals surface area contributed by atoms with Crippen molar-refractivity contribution in [1.82, 2.24) is 9.97 Å². The van der Waals surface area contributed by atoms with Crippen LogP contribution in [-0.4, -0.2) is 29.1 Å². The molecule has 4 nitrogen and oxygen atoms in total. The maximum atomic E-state index is 5.55. The van der Waals surface area contributed by atoms with Crippen LogP contribution in [0.1, 0.15) is 13.8 Å². The summed E-state index contributed by atoms with van der Waals surface area (Å²) >= 11 is 3.43. The summed E-state index contributed by atoms with van der Waals surface area (Å²) in [5, 5.41) is 0. The predicted octanol–water partition coefficient (Wildman–Crippen LogP) is 1.41. The fourth-order valence-corrected chi connectivity index (χ4v) is 1.71. The summed E-state index contributed by atoms with van der Waals surface area (Å²) in [4.78, 5) is 10.3. The van der Waals surface area contributed by atoms with E-state index in [-0.39, 0.29) is 0 Å². The lowest BCUT2D eigenvalue weighted by molar-refractivity contribution is 0.672. The zero-order chi connectivity index (χ0) is 10.6. The quantitative estimate of drug-likeness (QED) is 0.888. The molecule has 0 saturated heterocycles. The SMILES string of the molecule is CC(C)N(CCN)c1ncncc1Br. The molecule has 0 aromatic carbocycles. The molecule has 0 atom stereocenters. The van der Waals surface area contributed by atoms with E-state index in [1.165, 1.54) is 0 Å². The van der Waals surface area contributed by atoms with Crippen LogP contribution in [0.3, 0.4) is 0 Å². The van der Waals surface area contributed by atoms with E-state index in [2.05, 4.69) is 44.6 Å². The fourth-order valence-electron chi connectivity index (χ4n) is 1.27. The first-order chi connectivity index (χ1) is 6.66. The second-order valence-corrected chi connectivity index (χ2v) is 4.12. The van der Waals surface area contributed by atoms with Gasteiger partial charge in [0.2, 0.25) is 0 Å². The van der Waals surface area contributed by atoms with Gasteiger partial charge in [-0.25, -0.2) is 9.97 Å². The van der Waals surface area contributed by atoms with E-state index in [1.54, 1.807) is 12.5 Å². The van der Waals surface area contributed by atoms with Crippen LogP contribution in [0.4, 0.5) is 5.82 Å². The lowest BCUT2D eigenvalue weighted by Gasteiger charge is -2.27. The summed E-state index contributed by atoms with van der Waals surface area (Å²) in [5.74, 6) is 0.903. The van der Waals surface area contributed by atoms with Gasteiger partial charge in [-0.1, -0.05) is 0 Å². The molecule has 1 aromatic heterocycles.